The second-order valence-electron chi connectivity index (χ2n) is 7.31. The number of rotatable bonds is 4. The summed E-state index contributed by atoms with van der Waals surface area (Å²) in [6.45, 7) is 1.43. The lowest BCUT2D eigenvalue weighted by Crippen LogP contribution is -2.50. The van der Waals surface area contributed by atoms with Crippen molar-refractivity contribution < 1.29 is 9.59 Å². The number of aromatic nitrogens is 1. The Balaban J connectivity index is 1.37. The third-order valence-electron chi connectivity index (χ3n) is 5.17. The van der Waals surface area contributed by atoms with Crippen LogP contribution in [0.4, 0.5) is 0 Å². The third-order valence-corrected chi connectivity index (χ3v) is 5.39. The Bertz CT molecular complexity index is 832. The zero-order chi connectivity index (χ0) is 18.8. The van der Waals surface area contributed by atoms with Crippen LogP contribution in [0.5, 0.6) is 0 Å². The number of benzene rings is 1. The average Bonchev–Trinajstić information content (AvgIpc) is 3.54. The predicted molar refractivity (Wildman–Crippen MR) is 104 cm³/mol. The van der Waals surface area contributed by atoms with E-state index in [-0.39, 0.29) is 23.8 Å². The Labute approximate surface area is 163 Å². The van der Waals surface area contributed by atoms with E-state index in [0.29, 0.717) is 17.1 Å². The first-order chi connectivity index (χ1) is 13.1. The van der Waals surface area contributed by atoms with Crippen LogP contribution in [0.25, 0.3) is 11.3 Å². The molecule has 6 heteroatoms. The highest BCUT2D eigenvalue weighted by molar-refractivity contribution is 6.30. The largest absolute Gasteiger partial charge is 0.348 e. The molecule has 2 aliphatic rings. The molecular formula is C21H22ClN3O2. The fourth-order valence-electron chi connectivity index (χ4n) is 3.49. The molecule has 140 valence electrons. The molecule has 1 aromatic carbocycles. The van der Waals surface area contributed by atoms with Gasteiger partial charge in [-0.15, -0.1) is 0 Å². The van der Waals surface area contributed by atoms with Gasteiger partial charge in [-0.05, 0) is 49.9 Å². The fraction of sp³-hybridized carbons (Fsp3) is 0.381. The molecule has 2 fully saturated rings. The lowest BCUT2D eigenvalue weighted by Gasteiger charge is -2.33. The third kappa shape index (κ3) is 4.30. The van der Waals surface area contributed by atoms with Gasteiger partial charge in [0.15, 0.2) is 0 Å². The van der Waals surface area contributed by atoms with E-state index in [2.05, 4.69) is 10.3 Å². The molecule has 1 aliphatic heterocycles. The molecule has 2 amide bonds. The maximum atomic E-state index is 12.6. The molecule has 1 aliphatic carbocycles. The van der Waals surface area contributed by atoms with Crippen LogP contribution in [0.2, 0.25) is 5.02 Å². The SMILES string of the molecule is O=C(N[C@H]1CCCN(C(=O)C2CC2)C1)c1ccc(-c2ccc(Cl)cn2)cc1. The molecule has 1 N–H and O–H groups in total. The van der Waals surface area contributed by atoms with Gasteiger partial charge in [-0.2, -0.15) is 0 Å². The van der Waals surface area contributed by atoms with E-state index in [1.807, 2.05) is 23.1 Å². The summed E-state index contributed by atoms with van der Waals surface area (Å²) >= 11 is 5.87. The maximum Gasteiger partial charge on any atom is 0.251 e. The van der Waals surface area contributed by atoms with Crippen molar-refractivity contribution in [2.45, 2.75) is 31.7 Å². The fourth-order valence-corrected chi connectivity index (χ4v) is 3.60. The summed E-state index contributed by atoms with van der Waals surface area (Å²) in [5.41, 5.74) is 2.35. The first-order valence-electron chi connectivity index (χ1n) is 9.42. The van der Waals surface area contributed by atoms with Crippen molar-refractivity contribution >= 4 is 23.4 Å². The van der Waals surface area contributed by atoms with Crippen LogP contribution >= 0.6 is 11.6 Å². The van der Waals surface area contributed by atoms with E-state index in [9.17, 15) is 9.59 Å². The molecule has 1 atom stereocenters. The summed E-state index contributed by atoms with van der Waals surface area (Å²) in [7, 11) is 0. The second kappa shape index (κ2) is 7.69. The van der Waals surface area contributed by atoms with E-state index >= 15 is 0 Å². The lowest BCUT2D eigenvalue weighted by atomic mass is 10.0. The van der Waals surface area contributed by atoms with Gasteiger partial charge in [-0.25, -0.2) is 0 Å². The molecule has 4 rings (SSSR count). The zero-order valence-corrected chi connectivity index (χ0v) is 15.8. The van der Waals surface area contributed by atoms with Gasteiger partial charge in [0.2, 0.25) is 5.91 Å². The molecule has 27 heavy (non-hydrogen) atoms. The number of amides is 2. The smallest absolute Gasteiger partial charge is 0.251 e. The van der Waals surface area contributed by atoms with Crippen LogP contribution in [0.1, 0.15) is 36.0 Å². The highest BCUT2D eigenvalue weighted by atomic mass is 35.5. The van der Waals surface area contributed by atoms with Crippen LogP contribution in [0.15, 0.2) is 42.6 Å². The topological polar surface area (TPSA) is 62.3 Å². The lowest BCUT2D eigenvalue weighted by molar-refractivity contribution is -0.133. The first kappa shape index (κ1) is 18.0. The number of nitrogens with zero attached hydrogens (tertiary/aromatic N) is 2. The van der Waals surface area contributed by atoms with Gasteiger partial charge in [0.25, 0.3) is 5.91 Å². The van der Waals surface area contributed by atoms with E-state index in [1.165, 1.54) is 0 Å². The molecule has 2 aromatic rings. The molecule has 0 unspecified atom stereocenters. The van der Waals surface area contributed by atoms with Gasteiger partial charge in [0, 0.05) is 42.4 Å². The number of carbonyl (C=O) groups is 2. The van der Waals surface area contributed by atoms with Gasteiger partial charge in [0.05, 0.1) is 10.7 Å². The molecule has 0 radical (unpaired) electrons. The molecule has 1 aromatic heterocycles. The Morgan fingerprint density at radius 1 is 1.07 bits per heavy atom. The number of nitrogens with one attached hydrogen (secondary N) is 1. The predicted octanol–water partition coefficient (Wildman–Crippen LogP) is 3.53. The quantitative estimate of drug-likeness (QED) is 0.878. The maximum absolute atomic E-state index is 12.6. The van der Waals surface area contributed by atoms with Gasteiger partial charge in [0.1, 0.15) is 0 Å². The van der Waals surface area contributed by atoms with Crippen molar-refractivity contribution in [3.05, 3.63) is 53.2 Å². The summed E-state index contributed by atoms with van der Waals surface area (Å²) in [4.78, 5) is 31.0. The van der Waals surface area contributed by atoms with Gasteiger partial charge >= 0.3 is 0 Å². The second-order valence-corrected chi connectivity index (χ2v) is 7.75. The van der Waals surface area contributed by atoms with E-state index in [0.717, 1.165) is 43.5 Å². The van der Waals surface area contributed by atoms with Crippen LogP contribution in [0.3, 0.4) is 0 Å². The van der Waals surface area contributed by atoms with Crippen LogP contribution in [-0.4, -0.2) is 40.8 Å². The van der Waals surface area contributed by atoms with Crippen LogP contribution in [0, 0.1) is 5.92 Å². The number of piperidine rings is 1. The van der Waals surface area contributed by atoms with E-state index in [1.54, 1.807) is 24.4 Å². The zero-order valence-electron chi connectivity index (χ0n) is 15.0. The molecule has 1 saturated carbocycles. The summed E-state index contributed by atoms with van der Waals surface area (Å²) in [6, 6.07) is 11.0. The van der Waals surface area contributed by atoms with E-state index < -0.39 is 0 Å². The first-order valence-corrected chi connectivity index (χ1v) is 9.79. The highest BCUT2D eigenvalue weighted by Crippen LogP contribution is 2.32. The summed E-state index contributed by atoms with van der Waals surface area (Å²) in [6.07, 6.45) is 5.48. The molecule has 2 heterocycles. The van der Waals surface area contributed by atoms with Gasteiger partial charge in [-0.1, -0.05) is 23.7 Å². The minimum atomic E-state index is -0.101. The van der Waals surface area contributed by atoms with Crippen molar-refractivity contribution in [3.8, 4) is 11.3 Å². The Hall–Kier alpha value is -2.40. The number of halogens is 1. The van der Waals surface area contributed by atoms with Crippen molar-refractivity contribution in [3.63, 3.8) is 0 Å². The molecule has 0 bridgehead atoms. The highest BCUT2D eigenvalue weighted by Gasteiger charge is 2.35. The Morgan fingerprint density at radius 3 is 2.52 bits per heavy atom. The molecule has 5 nitrogen and oxygen atoms in total. The van der Waals surface area contributed by atoms with Gasteiger partial charge < -0.3 is 10.2 Å². The van der Waals surface area contributed by atoms with Crippen molar-refractivity contribution in [2.75, 3.05) is 13.1 Å². The molecule has 0 spiro atoms. The number of hydrogen-bond donors (Lipinski definition) is 1. The van der Waals surface area contributed by atoms with Crippen molar-refractivity contribution in [1.29, 1.82) is 0 Å². The van der Waals surface area contributed by atoms with Crippen LogP contribution in [-0.2, 0) is 4.79 Å². The minimum absolute atomic E-state index is 0.0200. The number of carbonyl (C=O) groups excluding carboxylic acids is 2. The molecule has 1 saturated heterocycles. The van der Waals surface area contributed by atoms with Crippen LogP contribution < -0.4 is 5.32 Å². The van der Waals surface area contributed by atoms with E-state index in [4.69, 9.17) is 11.6 Å². The normalized spacial score (nSPS) is 19.6. The number of hydrogen-bond acceptors (Lipinski definition) is 3. The Kier molecular flexibility index (Phi) is 5.12. The monoisotopic (exact) mass is 383 g/mol. The number of likely N-dealkylation sites (tertiary alicyclic amines) is 1. The van der Waals surface area contributed by atoms with Crippen molar-refractivity contribution in [2.24, 2.45) is 5.92 Å². The molecular weight excluding hydrogens is 362 g/mol. The van der Waals surface area contributed by atoms with Gasteiger partial charge in [-0.3, -0.25) is 14.6 Å². The Morgan fingerprint density at radius 2 is 1.85 bits per heavy atom. The van der Waals surface area contributed by atoms with Crippen molar-refractivity contribution in [1.82, 2.24) is 15.2 Å². The minimum Gasteiger partial charge on any atom is -0.348 e. The summed E-state index contributed by atoms with van der Waals surface area (Å²) in [5.74, 6) is 0.388. The standard InChI is InChI=1S/C21H22ClN3O2/c22-17-9-10-19(23-12-17)14-3-5-15(6-4-14)20(26)24-18-2-1-11-25(13-18)21(27)16-7-8-16/h3-6,9-10,12,16,18H,1-2,7-8,11,13H2,(H,24,26)/t18-/m0/s1. The summed E-state index contributed by atoms with van der Waals surface area (Å²) in [5, 5.41) is 3.67. The number of pyridine rings is 1. The average molecular weight is 384 g/mol. The summed E-state index contributed by atoms with van der Waals surface area (Å²) < 4.78 is 0.